The van der Waals surface area contributed by atoms with Crippen molar-refractivity contribution in [1.29, 1.82) is 0 Å². The van der Waals surface area contributed by atoms with Gasteiger partial charge >= 0.3 is 5.97 Å². The van der Waals surface area contributed by atoms with E-state index in [0.717, 1.165) is 0 Å². The maximum absolute atomic E-state index is 12.4. The topological polar surface area (TPSA) is 125 Å². The molecule has 2 aromatic rings. The molecular formula is C14H14N6O4. The van der Waals surface area contributed by atoms with Gasteiger partial charge < -0.3 is 10.1 Å². The van der Waals surface area contributed by atoms with Gasteiger partial charge in [-0.3, -0.25) is 10.1 Å². The molecule has 0 spiro atoms. The molecule has 1 aliphatic heterocycles. The van der Waals surface area contributed by atoms with E-state index in [1.54, 1.807) is 26.0 Å². The zero-order chi connectivity index (χ0) is 17.3. The molecule has 0 amide bonds. The average Bonchev–Trinajstić information content (AvgIpc) is 3.01. The fourth-order valence-corrected chi connectivity index (χ4v) is 2.60. The summed E-state index contributed by atoms with van der Waals surface area (Å²) in [7, 11) is 0. The van der Waals surface area contributed by atoms with Crippen LogP contribution in [0.4, 0.5) is 11.6 Å². The van der Waals surface area contributed by atoms with Gasteiger partial charge in [-0.05, 0) is 29.8 Å². The third-order valence-corrected chi connectivity index (χ3v) is 3.61. The number of rotatable bonds is 4. The summed E-state index contributed by atoms with van der Waals surface area (Å²) in [4.78, 5) is 23.0. The van der Waals surface area contributed by atoms with Crippen LogP contribution in [0.25, 0.3) is 0 Å². The number of benzene rings is 1. The van der Waals surface area contributed by atoms with Crippen molar-refractivity contribution in [2.75, 3.05) is 11.9 Å². The Hall–Kier alpha value is -3.30. The summed E-state index contributed by atoms with van der Waals surface area (Å²) < 4.78 is 6.52. The fraction of sp³-hybridized carbons (Fsp3) is 0.286. The first-order valence-electron chi connectivity index (χ1n) is 7.20. The number of hydrogen-bond donors (Lipinski definition) is 1. The molecule has 10 heteroatoms. The highest BCUT2D eigenvalue weighted by Crippen LogP contribution is 2.35. The van der Waals surface area contributed by atoms with E-state index < -0.39 is 16.9 Å². The summed E-state index contributed by atoms with van der Waals surface area (Å²) in [6.07, 6.45) is 0. The highest BCUT2D eigenvalue weighted by molar-refractivity contribution is 5.92. The van der Waals surface area contributed by atoms with Crippen LogP contribution in [0.1, 0.15) is 25.5 Å². The number of carbonyl (C=O) groups is 1. The second-order valence-electron chi connectivity index (χ2n) is 5.09. The Morgan fingerprint density at radius 1 is 1.50 bits per heavy atom. The van der Waals surface area contributed by atoms with Crippen LogP contribution in [-0.2, 0) is 9.53 Å². The van der Waals surface area contributed by atoms with E-state index in [-0.39, 0.29) is 12.3 Å². The lowest BCUT2D eigenvalue weighted by atomic mass is 9.95. The summed E-state index contributed by atoms with van der Waals surface area (Å²) in [6, 6.07) is 5.30. The van der Waals surface area contributed by atoms with Gasteiger partial charge in [0.25, 0.3) is 5.69 Å². The van der Waals surface area contributed by atoms with Gasteiger partial charge in [0.2, 0.25) is 5.95 Å². The van der Waals surface area contributed by atoms with E-state index in [0.29, 0.717) is 22.8 Å². The van der Waals surface area contributed by atoms with Crippen LogP contribution in [0.3, 0.4) is 0 Å². The van der Waals surface area contributed by atoms with Crippen LogP contribution in [0.5, 0.6) is 0 Å². The van der Waals surface area contributed by atoms with Crippen LogP contribution in [0.15, 0.2) is 35.5 Å². The van der Waals surface area contributed by atoms with Crippen molar-refractivity contribution in [3.8, 4) is 0 Å². The number of carbonyl (C=O) groups excluding carboxylic acids is 1. The van der Waals surface area contributed by atoms with Gasteiger partial charge in [0.05, 0.1) is 17.1 Å². The average molecular weight is 330 g/mol. The maximum atomic E-state index is 12.4. The molecule has 0 saturated heterocycles. The van der Waals surface area contributed by atoms with Gasteiger partial charge in [0, 0.05) is 17.8 Å². The molecule has 0 fully saturated rings. The molecule has 1 N–H and O–H groups in total. The molecule has 1 atom stereocenters. The summed E-state index contributed by atoms with van der Waals surface area (Å²) in [5.74, 6) is -0.183. The van der Waals surface area contributed by atoms with Gasteiger partial charge in [-0.1, -0.05) is 17.2 Å². The van der Waals surface area contributed by atoms with Crippen LogP contribution in [-0.4, -0.2) is 37.7 Å². The summed E-state index contributed by atoms with van der Waals surface area (Å²) in [5.41, 5.74) is 1.27. The predicted molar refractivity (Wildman–Crippen MR) is 82.0 cm³/mol. The van der Waals surface area contributed by atoms with Gasteiger partial charge in [-0.15, -0.1) is 0 Å². The minimum absolute atomic E-state index is 0.0819. The number of aromatic nitrogens is 4. The van der Waals surface area contributed by atoms with Crippen molar-refractivity contribution in [3.05, 3.63) is 51.2 Å². The number of nitro groups is 1. The first-order valence-corrected chi connectivity index (χ1v) is 7.20. The molecule has 10 nitrogen and oxygen atoms in total. The van der Waals surface area contributed by atoms with E-state index in [4.69, 9.17) is 4.74 Å². The number of hydrogen-bond acceptors (Lipinski definition) is 8. The highest BCUT2D eigenvalue weighted by Gasteiger charge is 2.35. The first kappa shape index (κ1) is 15.6. The number of nitro benzene ring substituents is 1. The van der Waals surface area contributed by atoms with Crippen molar-refractivity contribution >= 4 is 17.6 Å². The lowest BCUT2D eigenvalue weighted by Crippen LogP contribution is -2.29. The van der Waals surface area contributed by atoms with Crippen molar-refractivity contribution in [2.45, 2.75) is 19.9 Å². The number of non-ortho nitro benzene ring substituents is 1. The Morgan fingerprint density at radius 2 is 2.29 bits per heavy atom. The molecule has 3 rings (SSSR count). The molecule has 0 unspecified atom stereocenters. The molecule has 1 aromatic carbocycles. The van der Waals surface area contributed by atoms with E-state index in [1.807, 2.05) is 0 Å². The standard InChI is InChI=1S/C14H14N6O4/c1-3-24-13(21)11-8(2)15-14-16-17-18-19(14)12(11)9-5-4-6-10(7-9)20(22)23/h4-7,12H,3H2,1-2H3,(H,15,16,18)/t12-/m1/s1. The highest BCUT2D eigenvalue weighted by atomic mass is 16.6. The lowest BCUT2D eigenvalue weighted by Gasteiger charge is -2.27. The number of fused-ring (bicyclic) bond motifs is 1. The van der Waals surface area contributed by atoms with E-state index in [1.165, 1.54) is 16.8 Å². The number of anilines is 1. The largest absolute Gasteiger partial charge is 0.463 e. The fourth-order valence-electron chi connectivity index (χ4n) is 2.60. The van der Waals surface area contributed by atoms with Crippen molar-refractivity contribution in [2.24, 2.45) is 0 Å². The predicted octanol–water partition coefficient (Wildman–Crippen LogP) is 1.43. The second kappa shape index (κ2) is 6.07. The van der Waals surface area contributed by atoms with Crippen LogP contribution >= 0.6 is 0 Å². The Labute approximate surface area is 136 Å². The zero-order valence-corrected chi connectivity index (χ0v) is 13.0. The van der Waals surface area contributed by atoms with Crippen molar-refractivity contribution in [3.63, 3.8) is 0 Å². The smallest absolute Gasteiger partial charge is 0.338 e. The summed E-state index contributed by atoms with van der Waals surface area (Å²) >= 11 is 0. The number of nitrogens with one attached hydrogen (secondary N) is 1. The Morgan fingerprint density at radius 3 is 3.00 bits per heavy atom. The van der Waals surface area contributed by atoms with Gasteiger partial charge in [0.15, 0.2) is 0 Å². The monoisotopic (exact) mass is 330 g/mol. The van der Waals surface area contributed by atoms with Gasteiger partial charge in [0.1, 0.15) is 6.04 Å². The second-order valence-corrected chi connectivity index (χ2v) is 5.09. The molecule has 2 heterocycles. The Balaban J connectivity index is 2.16. The summed E-state index contributed by atoms with van der Waals surface area (Å²) in [6.45, 7) is 3.61. The molecule has 0 radical (unpaired) electrons. The maximum Gasteiger partial charge on any atom is 0.338 e. The first-order chi connectivity index (χ1) is 11.5. The van der Waals surface area contributed by atoms with Crippen LogP contribution in [0.2, 0.25) is 0 Å². The Kier molecular flexibility index (Phi) is 3.94. The molecular weight excluding hydrogens is 316 g/mol. The molecule has 1 aromatic heterocycles. The number of esters is 1. The minimum atomic E-state index is -0.713. The van der Waals surface area contributed by atoms with Crippen molar-refractivity contribution in [1.82, 2.24) is 20.2 Å². The molecule has 0 bridgehead atoms. The number of tetrazole rings is 1. The van der Waals surface area contributed by atoms with E-state index in [9.17, 15) is 14.9 Å². The zero-order valence-electron chi connectivity index (χ0n) is 13.0. The van der Waals surface area contributed by atoms with Gasteiger partial charge in [-0.2, -0.15) is 4.68 Å². The number of allylic oxidation sites excluding steroid dienone is 1. The van der Waals surface area contributed by atoms with E-state index >= 15 is 0 Å². The third-order valence-electron chi connectivity index (χ3n) is 3.61. The molecule has 24 heavy (non-hydrogen) atoms. The quantitative estimate of drug-likeness (QED) is 0.507. The van der Waals surface area contributed by atoms with E-state index in [2.05, 4.69) is 20.8 Å². The number of ether oxygens (including phenoxy) is 1. The number of nitrogens with zero attached hydrogens (tertiary/aromatic N) is 5. The SMILES string of the molecule is CCOC(=O)C1=C(C)Nc2nnnn2[C@@H]1c1cccc([N+](=O)[O-])c1. The molecule has 0 saturated carbocycles. The lowest BCUT2D eigenvalue weighted by molar-refractivity contribution is -0.384. The van der Waals surface area contributed by atoms with Crippen LogP contribution < -0.4 is 5.32 Å². The Bertz CT molecular complexity index is 843. The third kappa shape index (κ3) is 2.57. The summed E-state index contributed by atoms with van der Waals surface area (Å²) in [5, 5.41) is 25.3. The minimum Gasteiger partial charge on any atom is -0.463 e. The van der Waals surface area contributed by atoms with Crippen LogP contribution in [0, 0.1) is 10.1 Å². The normalized spacial score (nSPS) is 16.3. The van der Waals surface area contributed by atoms with Gasteiger partial charge in [-0.25, -0.2) is 4.79 Å². The molecule has 0 aliphatic carbocycles. The van der Waals surface area contributed by atoms with Crippen molar-refractivity contribution < 1.29 is 14.5 Å². The molecule has 124 valence electrons. The molecule has 1 aliphatic rings.